The highest BCUT2D eigenvalue weighted by Crippen LogP contribution is 2.38. The molecule has 1 saturated heterocycles. The number of hydrogen-bond acceptors (Lipinski definition) is 8. The summed E-state index contributed by atoms with van der Waals surface area (Å²) in [5, 5.41) is 14.1. The molecule has 1 aliphatic carbocycles. The third-order valence-electron chi connectivity index (χ3n) is 9.11. The molecule has 0 radical (unpaired) electrons. The van der Waals surface area contributed by atoms with Gasteiger partial charge in [-0.15, -0.1) is 0 Å². The lowest BCUT2D eigenvalue weighted by Crippen LogP contribution is -2.46. The summed E-state index contributed by atoms with van der Waals surface area (Å²) in [6, 6.07) is 9.51. The number of carbonyl (C=O) groups is 3. The van der Waals surface area contributed by atoms with Crippen molar-refractivity contribution in [2.75, 3.05) is 38.6 Å². The van der Waals surface area contributed by atoms with Crippen LogP contribution in [0.4, 0.5) is 5.69 Å². The first-order valence-electron chi connectivity index (χ1n) is 15.8. The SMILES string of the molecule is Cc1ccc(OC[C@H](O)CN=C2C=CCC(=O)C2=C2Cc3cc4c(cc3N2)C(=O)N(C2CCN(C)CC2)C4=O)c(C(C)(C)C)c1. The lowest BCUT2D eigenvalue weighted by molar-refractivity contribution is -0.114. The fourth-order valence-corrected chi connectivity index (χ4v) is 6.60. The number of aliphatic hydroxyl groups is 1. The van der Waals surface area contributed by atoms with Crippen LogP contribution in [0.1, 0.15) is 77.4 Å². The van der Waals surface area contributed by atoms with Gasteiger partial charge in [-0.1, -0.05) is 44.5 Å². The summed E-state index contributed by atoms with van der Waals surface area (Å²) >= 11 is 0. The zero-order valence-electron chi connectivity index (χ0n) is 26.8. The molecule has 0 unspecified atom stereocenters. The number of allylic oxidation sites excluding steroid dienone is 4. The van der Waals surface area contributed by atoms with Crippen molar-refractivity contribution in [1.29, 1.82) is 0 Å². The first-order valence-corrected chi connectivity index (χ1v) is 15.8. The van der Waals surface area contributed by atoms with Crippen molar-refractivity contribution >= 4 is 29.0 Å². The molecule has 0 spiro atoms. The van der Waals surface area contributed by atoms with Gasteiger partial charge in [0, 0.05) is 30.3 Å². The minimum atomic E-state index is -0.871. The third kappa shape index (κ3) is 6.11. The van der Waals surface area contributed by atoms with E-state index in [-0.39, 0.29) is 48.6 Å². The molecule has 3 aliphatic heterocycles. The summed E-state index contributed by atoms with van der Waals surface area (Å²) in [6.45, 7) is 10.3. The number of anilines is 1. The van der Waals surface area contributed by atoms with E-state index in [1.807, 2.05) is 25.1 Å². The maximum absolute atomic E-state index is 13.4. The van der Waals surface area contributed by atoms with Crippen LogP contribution in [0.25, 0.3) is 0 Å². The van der Waals surface area contributed by atoms with Crippen LogP contribution in [0.15, 0.2) is 58.7 Å². The average molecular weight is 611 g/mol. The quantitative estimate of drug-likeness (QED) is 0.363. The van der Waals surface area contributed by atoms with Crippen molar-refractivity contribution in [3.63, 3.8) is 0 Å². The molecule has 9 nitrogen and oxygen atoms in total. The normalized spacial score (nSPS) is 22.2. The molecule has 236 valence electrons. The molecule has 2 aromatic rings. The standard InChI is InChI=1S/C36H42N4O5/c1-21-9-10-32(27(15-21)36(2,3)4)45-20-24(41)19-37-28-7-6-8-31(42)33(28)30-17-22-16-25-26(18-29(22)38-30)35(44)40(34(25)43)23-11-13-39(5)14-12-23/h6-7,9-10,15-16,18,23-24,38,41H,8,11-14,17,19-20H2,1-5H3/t24-/m1/s1. The largest absolute Gasteiger partial charge is 0.491 e. The number of nitrogens with zero attached hydrogens (tertiary/aromatic N) is 3. The fourth-order valence-electron chi connectivity index (χ4n) is 6.60. The Bertz CT molecular complexity index is 1610. The molecule has 1 atom stereocenters. The minimum absolute atomic E-state index is 0.0670. The Morgan fingerprint density at radius 2 is 1.78 bits per heavy atom. The number of hydrogen-bond donors (Lipinski definition) is 2. The Morgan fingerprint density at radius 3 is 2.49 bits per heavy atom. The van der Waals surface area contributed by atoms with Gasteiger partial charge in [-0.3, -0.25) is 24.3 Å². The van der Waals surface area contributed by atoms with Crippen LogP contribution in [-0.2, 0) is 16.6 Å². The monoisotopic (exact) mass is 610 g/mol. The van der Waals surface area contributed by atoms with Gasteiger partial charge in [0.15, 0.2) is 5.78 Å². The Hall–Kier alpha value is -4.08. The molecule has 2 N–H and O–H groups in total. The van der Waals surface area contributed by atoms with E-state index in [1.165, 1.54) is 4.90 Å². The number of fused-ring (bicyclic) bond motifs is 2. The van der Waals surface area contributed by atoms with Crippen molar-refractivity contribution < 1.29 is 24.2 Å². The Morgan fingerprint density at radius 1 is 1.07 bits per heavy atom. The summed E-state index contributed by atoms with van der Waals surface area (Å²) in [4.78, 5) is 48.2. The van der Waals surface area contributed by atoms with Gasteiger partial charge in [0.05, 0.1) is 29.0 Å². The second kappa shape index (κ2) is 12.0. The maximum atomic E-state index is 13.4. The Balaban J connectivity index is 1.18. The van der Waals surface area contributed by atoms with Crippen molar-refractivity contribution in [3.05, 3.63) is 81.6 Å². The predicted octanol–water partition coefficient (Wildman–Crippen LogP) is 4.61. The second-order valence-electron chi connectivity index (χ2n) is 13.7. The van der Waals surface area contributed by atoms with Crippen molar-refractivity contribution in [2.45, 2.75) is 70.9 Å². The van der Waals surface area contributed by atoms with Crippen LogP contribution in [-0.4, -0.2) is 83.7 Å². The number of rotatable bonds is 6. The first kappa shape index (κ1) is 30.9. The van der Waals surface area contributed by atoms with E-state index >= 15 is 0 Å². The number of imide groups is 1. The predicted molar refractivity (Wildman–Crippen MR) is 174 cm³/mol. The highest BCUT2D eigenvalue weighted by atomic mass is 16.5. The van der Waals surface area contributed by atoms with Gasteiger partial charge in [-0.25, -0.2) is 0 Å². The molecule has 0 saturated carbocycles. The van der Waals surface area contributed by atoms with E-state index in [1.54, 1.807) is 18.2 Å². The Labute approximate surface area is 264 Å². The molecular formula is C36H42N4O5. The van der Waals surface area contributed by atoms with E-state index in [0.717, 1.165) is 54.1 Å². The summed E-state index contributed by atoms with van der Waals surface area (Å²) in [6.07, 6.45) is 4.94. The maximum Gasteiger partial charge on any atom is 0.261 e. The number of aliphatic hydroxyl groups excluding tert-OH is 1. The number of Topliss-reactive ketones (excluding diaryl/α,β-unsaturated/α-hetero) is 1. The Kier molecular flexibility index (Phi) is 8.26. The lowest BCUT2D eigenvalue weighted by Gasteiger charge is -2.33. The highest BCUT2D eigenvalue weighted by Gasteiger charge is 2.42. The highest BCUT2D eigenvalue weighted by molar-refractivity contribution is 6.29. The molecule has 2 amide bonds. The molecule has 45 heavy (non-hydrogen) atoms. The zero-order valence-corrected chi connectivity index (χ0v) is 26.8. The molecular weight excluding hydrogens is 568 g/mol. The van der Waals surface area contributed by atoms with Crippen molar-refractivity contribution in [1.82, 2.24) is 9.80 Å². The van der Waals surface area contributed by atoms with Crippen LogP contribution in [0.2, 0.25) is 0 Å². The summed E-state index contributed by atoms with van der Waals surface area (Å²) < 4.78 is 6.03. The molecule has 4 aliphatic rings. The summed E-state index contributed by atoms with van der Waals surface area (Å²) in [5.41, 5.74) is 6.20. The topological polar surface area (TPSA) is 112 Å². The van der Waals surface area contributed by atoms with Crippen molar-refractivity contribution in [3.8, 4) is 5.75 Å². The van der Waals surface area contributed by atoms with Gasteiger partial charge in [0.1, 0.15) is 18.5 Å². The minimum Gasteiger partial charge on any atom is -0.491 e. The number of aliphatic imine (C=N–C) groups is 1. The van der Waals surface area contributed by atoms with Gasteiger partial charge in [0.25, 0.3) is 11.8 Å². The van der Waals surface area contributed by atoms with Crippen molar-refractivity contribution in [2.24, 2.45) is 4.99 Å². The number of likely N-dealkylation sites (tertiary alicyclic amines) is 1. The van der Waals surface area contributed by atoms with Crippen LogP contribution in [0.5, 0.6) is 5.75 Å². The van der Waals surface area contributed by atoms with Crippen LogP contribution in [0.3, 0.4) is 0 Å². The molecule has 0 bridgehead atoms. The lowest BCUT2D eigenvalue weighted by atomic mass is 9.85. The van der Waals surface area contributed by atoms with E-state index in [2.05, 4.69) is 49.1 Å². The molecule has 1 fully saturated rings. The van der Waals surface area contributed by atoms with Crippen LogP contribution < -0.4 is 10.1 Å². The summed E-state index contributed by atoms with van der Waals surface area (Å²) in [7, 11) is 2.05. The van der Waals surface area contributed by atoms with E-state index in [9.17, 15) is 19.5 Å². The fraction of sp³-hybridized carbons (Fsp3) is 0.444. The summed E-state index contributed by atoms with van der Waals surface area (Å²) in [5.74, 6) is 0.191. The number of carbonyl (C=O) groups excluding carboxylic acids is 3. The molecule has 0 aromatic heterocycles. The number of ketones is 1. The number of amides is 2. The number of aryl methyl sites for hydroxylation is 1. The molecule has 6 rings (SSSR count). The molecule has 9 heteroatoms. The van der Waals surface area contributed by atoms with E-state index < -0.39 is 6.10 Å². The first-order chi connectivity index (χ1) is 21.4. The van der Waals surface area contributed by atoms with E-state index in [0.29, 0.717) is 34.5 Å². The number of nitrogens with one attached hydrogen (secondary N) is 1. The number of benzene rings is 2. The van der Waals surface area contributed by atoms with Gasteiger partial charge in [-0.05, 0) is 80.7 Å². The average Bonchev–Trinajstić information content (AvgIpc) is 3.51. The van der Waals surface area contributed by atoms with E-state index in [4.69, 9.17) is 4.74 Å². The second-order valence-corrected chi connectivity index (χ2v) is 13.7. The van der Waals surface area contributed by atoms with Gasteiger partial charge in [0.2, 0.25) is 0 Å². The number of piperidine rings is 1. The zero-order chi connectivity index (χ0) is 32.0. The van der Waals surface area contributed by atoms with Crippen LogP contribution in [0, 0.1) is 6.92 Å². The van der Waals surface area contributed by atoms with Crippen LogP contribution >= 0.6 is 0 Å². The van der Waals surface area contributed by atoms with Gasteiger partial charge < -0.3 is 20.1 Å². The molecule has 2 aromatic carbocycles. The number of ether oxygens (including phenoxy) is 1. The third-order valence-corrected chi connectivity index (χ3v) is 9.11. The smallest absolute Gasteiger partial charge is 0.261 e. The molecule has 3 heterocycles. The van der Waals surface area contributed by atoms with Gasteiger partial charge in [-0.2, -0.15) is 0 Å². The van der Waals surface area contributed by atoms with Gasteiger partial charge >= 0.3 is 0 Å².